The Morgan fingerprint density at radius 1 is 0.968 bits per heavy atom. The summed E-state index contributed by atoms with van der Waals surface area (Å²) in [4.78, 5) is 13.8. The Hall–Kier alpha value is -2.15. The maximum atomic E-state index is 13.8. The quantitative estimate of drug-likeness (QED) is 0.413. The summed E-state index contributed by atoms with van der Waals surface area (Å²) in [5.74, 6) is 2.32. The number of benzene rings is 2. The lowest BCUT2D eigenvalue weighted by atomic mass is 9.74. The summed E-state index contributed by atoms with van der Waals surface area (Å²) in [5.41, 5.74) is 7.79. The lowest BCUT2D eigenvalue weighted by molar-refractivity contribution is 0.103. The van der Waals surface area contributed by atoms with E-state index >= 15 is 0 Å². The molecule has 0 saturated heterocycles. The molecule has 0 N–H and O–H groups in total. The topological polar surface area (TPSA) is 17.1 Å². The van der Waals surface area contributed by atoms with Crippen molar-refractivity contribution in [2.45, 2.75) is 86.0 Å². The maximum absolute atomic E-state index is 13.8. The molecule has 0 spiro atoms. The average Bonchev–Trinajstić information content (AvgIpc) is 2.77. The van der Waals surface area contributed by atoms with Crippen molar-refractivity contribution in [3.63, 3.8) is 0 Å². The number of carbonyl (C=O) groups excluding carboxylic acids is 1. The summed E-state index contributed by atoms with van der Waals surface area (Å²) in [6.45, 7) is 13.2. The highest BCUT2D eigenvalue weighted by atomic mass is 16.1. The minimum Gasteiger partial charge on any atom is -0.289 e. The minimum atomic E-state index is 0.171. The first-order valence-electron chi connectivity index (χ1n) is 12.2. The van der Waals surface area contributed by atoms with Gasteiger partial charge in [0.15, 0.2) is 5.78 Å². The van der Waals surface area contributed by atoms with Crippen LogP contribution in [-0.4, -0.2) is 5.78 Å². The van der Waals surface area contributed by atoms with Gasteiger partial charge in [-0.25, -0.2) is 0 Å². The van der Waals surface area contributed by atoms with Crippen molar-refractivity contribution < 1.29 is 4.79 Å². The Labute approximate surface area is 190 Å². The zero-order valence-corrected chi connectivity index (χ0v) is 20.4. The molecular weight excluding hydrogens is 376 g/mol. The molecule has 1 fully saturated rings. The van der Waals surface area contributed by atoms with Gasteiger partial charge in [-0.1, -0.05) is 75.6 Å². The van der Waals surface area contributed by atoms with E-state index in [1.165, 1.54) is 48.8 Å². The van der Waals surface area contributed by atoms with E-state index < -0.39 is 0 Å². The van der Waals surface area contributed by atoms with Gasteiger partial charge in [0.2, 0.25) is 0 Å². The SMILES string of the molecule is CCc1ccccc1C(=O)c1cc(C2CCC[C@@H](CC(C)C)C2)ccc1C(C)=C(C)C. The molecule has 31 heavy (non-hydrogen) atoms. The van der Waals surface area contributed by atoms with Gasteiger partial charge in [-0.15, -0.1) is 0 Å². The van der Waals surface area contributed by atoms with Crippen molar-refractivity contribution in [1.29, 1.82) is 0 Å². The second kappa shape index (κ2) is 10.4. The zero-order valence-electron chi connectivity index (χ0n) is 20.4. The second-order valence-electron chi connectivity index (χ2n) is 10.1. The normalized spacial score (nSPS) is 18.8. The van der Waals surface area contributed by atoms with Crippen molar-refractivity contribution >= 4 is 11.4 Å². The van der Waals surface area contributed by atoms with Crippen molar-refractivity contribution in [3.05, 3.63) is 75.9 Å². The van der Waals surface area contributed by atoms with Gasteiger partial charge in [-0.3, -0.25) is 4.79 Å². The standard InChI is InChI=1S/C30H40O/c1-7-24-12-8-9-14-28(24)30(31)29-19-26(15-16-27(29)22(6)21(4)5)25-13-10-11-23(18-25)17-20(2)3/h8-9,12,14-16,19-20,23,25H,7,10-11,13,17-18H2,1-6H3/t23-,25?/m0/s1. The number of rotatable bonds is 7. The molecule has 1 heteroatoms. The van der Waals surface area contributed by atoms with E-state index in [2.05, 4.69) is 65.8 Å². The molecule has 1 unspecified atom stereocenters. The lowest BCUT2D eigenvalue weighted by Gasteiger charge is -2.31. The highest BCUT2D eigenvalue weighted by Crippen LogP contribution is 2.40. The molecule has 0 aromatic heterocycles. The van der Waals surface area contributed by atoms with E-state index in [1.54, 1.807) is 0 Å². The molecule has 0 radical (unpaired) electrons. The van der Waals surface area contributed by atoms with Gasteiger partial charge in [0.05, 0.1) is 0 Å². The summed E-state index contributed by atoms with van der Waals surface area (Å²) in [5, 5.41) is 0. The molecule has 166 valence electrons. The highest BCUT2D eigenvalue weighted by Gasteiger charge is 2.26. The number of aryl methyl sites for hydroxylation is 1. The van der Waals surface area contributed by atoms with E-state index in [4.69, 9.17) is 0 Å². The van der Waals surface area contributed by atoms with E-state index in [-0.39, 0.29) is 5.78 Å². The molecule has 1 nitrogen and oxygen atoms in total. The maximum Gasteiger partial charge on any atom is 0.193 e. The Bertz CT molecular complexity index is 943. The summed E-state index contributed by atoms with van der Waals surface area (Å²) >= 11 is 0. The third-order valence-electron chi connectivity index (χ3n) is 7.14. The Morgan fingerprint density at radius 3 is 2.39 bits per heavy atom. The molecule has 0 amide bonds. The number of carbonyl (C=O) groups is 1. The van der Waals surface area contributed by atoms with Gasteiger partial charge in [0, 0.05) is 11.1 Å². The summed E-state index contributed by atoms with van der Waals surface area (Å²) in [7, 11) is 0. The molecule has 0 heterocycles. The highest BCUT2D eigenvalue weighted by molar-refractivity contribution is 6.12. The minimum absolute atomic E-state index is 0.171. The molecule has 0 bridgehead atoms. The van der Waals surface area contributed by atoms with Crippen LogP contribution in [0.5, 0.6) is 0 Å². The molecule has 1 aliphatic rings. The number of allylic oxidation sites excluding steroid dienone is 2. The zero-order chi connectivity index (χ0) is 22.5. The van der Waals surface area contributed by atoms with Crippen molar-refractivity contribution in [2.24, 2.45) is 11.8 Å². The van der Waals surface area contributed by atoms with Gasteiger partial charge < -0.3 is 0 Å². The van der Waals surface area contributed by atoms with Crippen LogP contribution in [0.15, 0.2) is 48.0 Å². The number of ketones is 1. The Morgan fingerprint density at radius 2 is 1.71 bits per heavy atom. The summed E-state index contributed by atoms with van der Waals surface area (Å²) in [6.07, 6.45) is 7.37. The van der Waals surface area contributed by atoms with Crippen LogP contribution in [0.25, 0.3) is 5.57 Å². The molecule has 1 saturated carbocycles. The Balaban J connectivity index is 2.03. The first kappa shape index (κ1) is 23.5. The fourth-order valence-electron chi connectivity index (χ4n) is 5.27. The van der Waals surface area contributed by atoms with Gasteiger partial charge in [-0.2, -0.15) is 0 Å². The van der Waals surface area contributed by atoms with Crippen LogP contribution in [-0.2, 0) is 6.42 Å². The smallest absolute Gasteiger partial charge is 0.193 e. The van der Waals surface area contributed by atoms with Crippen LogP contribution in [0.3, 0.4) is 0 Å². The van der Waals surface area contributed by atoms with Crippen molar-refractivity contribution in [1.82, 2.24) is 0 Å². The van der Waals surface area contributed by atoms with E-state index in [0.717, 1.165) is 40.5 Å². The fraction of sp³-hybridized carbons (Fsp3) is 0.500. The lowest BCUT2D eigenvalue weighted by Crippen LogP contribution is -2.17. The van der Waals surface area contributed by atoms with Crippen molar-refractivity contribution in [2.75, 3.05) is 0 Å². The molecule has 2 aromatic carbocycles. The van der Waals surface area contributed by atoms with Crippen molar-refractivity contribution in [3.8, 4) is 0 Å². The van der Waals surface area contributed by atoms with Crippen LogP contribution in [0, 0.1) is 11.8 Å². The van der Waals surface area contributed by atoms with E-state index in [0.29, 0.717) is 5.92 Å². The first-order valence-corrected chi connectivity index (χ1v) is 12.2. The molecule has 1 aliphatic carbocycles. The fourth-order valence-corrected chi connectivity index (χ4v) is 5.27. The van der Waals surface area contributed by atoms with Gasteiger partial charge in [-0.05, 0) is 92.5 Å². The summed E-state index contributed by atoms with van der Waals surface area (Å²) in [6, 6.07) is 14.8. The van der Waals surface area contributed by atoms with Gasteiger partial charge >= 0.3 is 0 Å². The van der Waals surface area contributed by atoms with Crippen LogP contribution < -0.4 is 0 Å². The van der Waals surface area contributed by atoms with E-state index in [1.807, 2.05) is 18.2 Å². The third-order valence-corrected chi connectivity index (χ3v) is 7.14. The van der Waals surface area contributed by atoms with Crippen LogP contribution >= 0.6 is 0 Å². The second-order valence-corrected chi connectivity index (χ2v) is 10.1. The Kier molecular flexibility index (Phi) is 7.92. The molecular formula is C30H40O. The van der Waals surface area contributed by atoms with Crippen LogP contribution in [0.4, 0.5) is 0 Å². The number of hydrogen-bond donors (Lipinski definition) is 0. The monoisotopic (exact) mass is 416 g/mol. The largest absolute Gasteiger partial charge is 0.289 e. The van der Waals surface area contributed by atoms with Gasteiger partial charge in [0.1, 0.15) is 0 Å². The predicted molar refractivity (Wildman–Crippen MR) is 134 cm³/mol. The molecule has 0 aliphatic heterocycles. The van der Waals surface area contributed by atoms with Crippen LogP contribution in [0.1, 0.15) is 112 Å². The molecule has 2 aromatic rings. The van der Waals surface area contributed by atoms with E-state index in [9.17, 15) is 4.79 Å². The van der Waals surface area contributed by atoms with Crippen LogP contribution in [0.2, 0.25) is 0 Å². The summed E-state index contributed by atoms with van der Waals surface area (Å²) < 4.78 is 0. The molecule has 2 atom stereocenters. The predicted octanol–water partition coefficient (Wildman–Crippen LogP) is 8.61. The third kappa shape index (κ3) is 5.56. The average molecular weight is 417 g/mol. The first-order chi connectivity index (χ1) is 14.8. The van der Waals surface area contributed by atoms with Gasteiger partial charge in [0.25, 0.3) is 0 Å². The molecule has 3 rings (SSSR count). The number of hydrogen-bond acceptors (Lipinski definition) is 1.